The molecular weight excluding hydrogens is 254 g/mol. The summed E-state index contributed by atoms with van der Waals surface area (Å²) in [5.74, 6) is 2.49. The number of rotatable bonds is 4. The molecule has 108 valence electrons. The van der Waals surface area contributed by atoms with Gasteiger partial charge in [-0.25, -0.2) is 9.67 Å². The Kier molecular flexibility index (Phi) is 2.96. The van der Waals surface area contributed by atoms with E-state index in [1.807, 2.05) is 14.0 Å². The van der Waals surface area contributed by atoms with Crippen LogP contribution in [0.15, 0.2) is 0 Å². The zero-order valence-corrected chi connectivity index (χ0v) is 12.5. The number of nitrogen functional groups attached to an aromatic ring is 1. The van der Waals surface area contributed by atoms with Crippen LogP contribution in [0.1, 0.15) is 37.3 Å². The smallest absolute Gasteiger partial charge is 0.221 e. The quantitative estimate of drug-likeness (QED) is 0.927. The summed E-state index contributed by atoms with van der Waals surface area (Å²) in [6.07, 6.45) is 3.26. The topological polar surface area (TPSA) is 70.9 Å². The number of methoxy groups -OCH3 is 1. The molecule has 20 heavy (non-hydrogen) atoms. The highest BCUT2D eigenvalue weighted by Gasteiger charge is 2.31. The lowest BCUT2D eigenvalue weighted by Gasteiger charge is -2.07. The summed E-state index contributed by atoms with van der Waals surface area (Å²) in [6, 6.07) is 0.522. The van der Waals surface area contributed by atoms with Crippen LogP contribution in [0.3, 0.4) is 0 Å². The summed E-state index contributed by atoms with van der Waals surface area (Å²) in [5.41, 5.74) is 8.96. The van der Waals surface area contributed by atoms with Gasteiger partial charge >= 0.3 is 0 Å². The van der Waals surface area contributed by atoms with Crippen molar-refractivity contribution in [2.24, 2.45) is 7.05 Å². The predicted molar refractivity (Wildman–Crippen MR) is 77.8 cm³/mol. The lowest BCUT2D eigenvalue weighted by Crippen LogP contribution is -2.04. The summed E-state index contributed by atoms with van der Waals surface area (Å²) in [7, 11) is 3.51. The van der Waals surface area contributed by atoms with Crippen molar-refractivity contribution in [2.45, 2.75) is 39.2 Å². The van der Waals surface area contributed by atoms with E-state index in [0.29, 0.717) is 11.9 Å². The van der Waals surface area contributed by atoms with Gasteiger partial charge in [0.05, 0.1) is 18.4 Å². The van der Waals surface area contributed by atoms with Gasteiger partial charge in [-0.2, -0.15) is 5.10 Å². The largest absolute Gasteiger partial charge is 0.481 e. The van der Waals surface area contributed by atoms with Gasteiger partial charge in [-0.3, -0.25) is 0 Å². The van der Waals surface area contributed by atoms with Crippen LogP contribution in [-0.4, -0.2) is 26.4 Å². The molecule has 2 aromatic heterocycles. The number of nitrogens with two attached hydrogens (primary N) is 1. The summed E-state index contributed by atoms with van der Waals surface area (Å²) < 4.78 is 9.37. The van der Waals surface area contributed by atoms with Crippen molar-refractivity contribution in [2.75, 3.05) is 12.8 Å². The van der Waals surface area contributed by atoms with Crippen LogP contribution in [-0.2, 0) is 13.5 Å². The Morgan fingerprint density at radius 2 is 2.10 bits per heavy atom. The van der Waals surface area contributed by atoms with Gasteiger partial charge in [-0.15, -0.1) is 0 Å². The first kappa shape index (κ1) is 13.0. The number of imidazole rings is 1. The number of ether oxygens (including phenoxy) is 1. The third kappa shape index (κ3) is 1.78. The first-order chi connectivity index (χ1) is 9.58. The molecule has 0 atom stereocenters. The molecule has 6 nitrogen and oxygen atoms in total. The normalized spacial score (nSPS) is 14.8. The van der Waals surface area contributed by atoms with Gasteiger partial charge in [0, 0.05) is 19.5 Å². The van der Waals surface area contributed by atoms with Crippen molar-refractivity contribution < 1.29 is 4.74 Å². The molecule has 2 aromatic rings. The molecule has 1 aliphatic carbocycles. The molecule has 0 amide bonds. The Hall–Kier alpha value is -1.98. The molecule has 0 saturated heterocycles. The van der Waals surface area contributed by atoms with E-state index in [-0.39, 0.29) is 0 Å². The van der Waals surface area contributed by atoms with Crippen LogP contribution in [0.25, 0.3) is 11.3 Å². The minimum atomic E-state index is 0.522. The molecule has 3 rings (SSSR count). The third-order valence-corrected chi connectivity index (χ3v) is 3.85. The van der Waals surface area contributed by atoms with Crippen LogP contribution in [0.4, 0.5) is 5.82 Å². The molecule has 6 heteroatoms. The minimum absolute atomic E-state index is 0.522. The number of anilines is 1. The molecule has 0 aliphatic heterocycles. The molecule has 2 heterocycles. The summed E-state index contributed by atoms with van der Waals surface area (Å²) in [6.45, 7) is 4.07. The number of aromatic nitrogens is 4. The van der Waals surface area contributed by atoms with Crippen molar-refractivity contribution in [1.29, 1.82) is 0 Å². The second-order valence-corrected chi connectivity index (χ2v) is 5.31. The second kappa shape index (κ2) is 4.54. The molecule has 1 saturated carbocycles. The SMILES string of the molecule is CCc1nc(-c2c(C)nn(C)c2OC)c(N)n1C1CC1. The highest BCUT2D eigenvalue weighted by molar-refractivity contribution is 5.77. The van der Waals surface area contributed by atoms with Crippen LogP contribution in [0.2, 0.25) is 0 Å². The molecular formula is C14H21N5O. The molecule has 0 unspecified atom stereocenters. The van der Waals surface area contributed by atoms with Crippen LogP contribution in [0.5, 0.6) is 5.88 Å². The van der Waals surface area contributed by atoms with E-state index in [1.165, 1.54) is 12.8 Å². The third-order valence-electron chi connectivity index (χ3n) is 3.85. The standard InChI is InChI=1S/C14H21N5O/c1-5-10-16-12(13(15)19(10)9-6-7-9)11-8(2)17-18(3)14(11)20-4/h9H,5-7,15H2,1-4H3. The highest BCUT2D eigenvalue weighted by atomic mass is 16.5. The Bertz CT molecular complexity index is 651. The average Bonchev–Trinajstić information content (AvgIpc) is 3.14. The fourth-order valence-electron chi connectivity index (χ4n) is 2.81. The second-order valence-electron chi connectivity index (χ2n) is 5.31. The van der Waals surface area contributed by atoms with Gasteiger partial charge in [-0.1, -0.05) is 6.92 Å². The molecule has 0 spiro atoms. The van der Waals surface area contributed by atoms with E-state index >= 15 is 0 Å². The molecule has 0 aromatic carbocycles. The monoisotopic (exact) mass is 275 g/mol. The van der Waals surface area contributed by atoms with E-state index in [2.05, 4.69) is 16.6 Å². The van der Waals surface area contributed by atoms with Crippen LogP contribution in [0, 0.1) is 6.92 Å². The Labute approximate surface area is 118 Å². The van der Waals surface area contributed by atoms with Crippen LogP contribution >= 0.6 is 0 Å². The van der Waals surface area contributed by atoms with E-state index in [0.717, 1.165) is 35.0 Å². The maximum atomic E-state index is 6.36. The van der Waals surface area contributed by atoms with Gasteiger partial charge < -0.3 is 15.0 Å². The number of aryl methyl sites for hydroxylation is 3. The molecule has 1 aliphatic rings. The van der Waals surface area contributed by atoms with E-state index < -0.39 is 0 Å². The zero-order valence-electron chi connectivity index (χ0n) is 12.5. The Morgan fingerprint density at radius 3 is 2.65 bits per heavy atom. The first-order valence-electron chi connectivity index (χ1n) is 7.03. The minimum Gasteiger partial charge on any atom is -0.481 e. The molecule has 0 bridgehead atoms. The summed E-state index contributed by atoms with van der Waals surface area (Å²) in [4.78, 5) is 4.75. The molecule has 2 N–H and O–H groups in total. The first-order valence-corrected chi connectivity index (χ1v) is 7.03. The van der Waals surface area contributed by atoms with E-state index in [1.54, 1.807) is 11.8 Å². The van der Waals surface area contributed by atoms with Gasteiger partial charge in [-0.05, 0) is 19.8 Å². The maximum absolute atomic E-state index is 6.36. The Balaban J connectivity index is 2.20. The van der Waals surface area contributed by atoms with Gasteiger partial charge in [0.2, 0.25) is 5.88 Å². The lowest BCUT2D eigenvalue weighted by atomic mass is 10.2. The van der Waals surface area contributed by atoms with Crippen molar-refractivity contribution in [3.8, 4) is 17.1 Å². The Morgan fingerprint density at radius 1 is 1.40 bits per heavy atom. The highest BCUT2D eigenvalue weighted by Crippen LogP contribution is 2.43. The van der Waals surface area contributed by atoms with Gasteiger partial charge in [0.1, 0.15) is 17.3 Å². The number of hydrogen-bond acceptors (Lipinski definition) is 4. The maximum Gasteiger partial charge on any atom is 0.221 e. The van der Waals surface area contributed by atoms with E-state index in [9.17, 15) is 0 Å². The molecule has 0 radical (unpaired) electrons. The fourth-order valence-corrected chi connectivity index (χ4v) is 2.81. The van der Waals surface area contributed by atoms with Crippen molar-refractivity contribution >= 4 is 5.82 Å². The van der Waals surface area contributed by atoms with Crippen LogP contribution < -0.4 is 10.5 Å². The lowest BCUT2D eigenvalue weighted by molar-refractivity contribution is 0.374. The molecule has 1 fully saturated rings. The number of hydrogen-bond donors (Lipinski definition) is 1. The van der Waals surface area contributed by atoms with E-state index in [4.69, 9.17) is 15.5 Å². The van der Waals surface area contributed by atoms with Gasteiger partial charge in [0.25, 0.3) is 0 Å². The van der Waals surface area contributed by atoms with Crippen molar-refractivity contribution in [1.82, 2.24) is 19.3 Å². The number of nitrogens with zero attached hydrogens (tertiary/aromatic N) is 4. The van der Waals surface area contributed by atoms with Gasteiger partial charge in [0.15, 0.2) is 0 Å². The fraction of sp³-hybridized carbons (Fsp3) is 0.571. The predicted octanol–water partition coefficient (Wildman–Crippen LogP) is 2.08. The summed E-state index contributed by atoms with van der Waals surface area (Å²) in [5, 5.41) is 4.41. The van der Waals surface area contributed by atoms with Crippen molar-refractivity contribution in [3.05, 3.63) is 11.5 Å². The summed E-state index contributed by atoms with van der Waals surface area (Å²) >= 11 is 0. The average molecular weight is 275 g/mol. The van der Waals surface area contributed by atoms with Crippen molar-refractivity contribution in [3.63, 3.8) is 0 Å². The zero-order chi connectivity index (χ0) is 14.4.